The first-order chi connectivity index (χ1) is 12.1. The van der Waals surface area contributed by atoms with E-state index in [2.05, 4.69) is 42.2 Å². The maximum absolute atomic E-state index is 9.54. The van der Waals surface area contributed by atoms with Crippen molar-refractivity contribution in [2.45, 2.75) is 26.7 Å². The lowest BCUT2D eigenvalue weighted by Crippen LogP contribution is -2.00. The molecule has 0 aliphatic carbocycles. The zero-order valence-corrected chi connectivity index (χ0v) is 14.6. The van der Waals surface area contributed by atoms with Crippen LogP contribution < -0.4 is 5.73 Å². The molecule has 0 bridgehead atoms. The van der Waals surface area contributed by atoms with Gasteiger partial charge in [0.05, 0.1) is 5.69 Å². The van der Waals surface area contributed by atoms with Gasteiger partial charge in [0.1, 0.15) is 17.5 Å². The van der Waals surface area contributed by atoms with Crippen LogP contribution in [0.2, 0.25) is 0 Å². The van der Waals surface area contributed by atoms with Crippen molar-refractivity contribution >= 4 is 5.82 Å². The normalized spacial score (nSPS) is 10.4. The van der Waals surface area contributed by atoms with Crippen LogP contribution in [0.15, 0.2) is 54.6 Å². The number of pyridine rings is 1. The zero-order chi connectivity index (χ0) is 17.8. The van der Waals surface area contributed by atoms with Crippen molar-refractivity contribution in [2.75, 3.05) is 5.73 Å². The molecule has 0 radical (unpaired) electrons. The SMILES string of the molecule is CCCc1ccc(-c2cc(-c3ccccc3C)c(C#N)c(N)n2)cc1. The average molecular weight is 327 g/mol. The average Bonchev–Trinajstić information content (AvgIpc) is 2.62. The van der Waals surface area contributed by atoms with Gasteiger partial charge in [-0.25, -0.2) is 4.98 Å². The first-order valence-electron chi connectivity index (χ1n) is 8.50. The van der Waals surface area contributed by atoms with Crippen molar-refractivity contribution in [1.82, 2.24) is 4.98 Å². The maximum Gasteiger partial charge on any atom is 0.142 e. The van der Waals surface area contributed by atoms with Crippen molar-refractivity contribution in [3.63, 3.8) is 0 Å². The number of aryl methyl sites for hydroxylation is 2. The standard InChI is InChI=1S/C22H21N3/c1-3-6-16-9-11-17(12-10-16)21-13-19(20(14-23)22(24)25-21)18-8-5-4-7-15(18)2/h4-5,7-13H,3,6H2,1-2H3,(H2,24,25). The van der Waals surface area contributed by atoms with Gasteiger partial charge in [0.25, 0.3) is 0 Å². The minimum atomic E-state index is 0.274. The van der Waals surface area contributed by atoms with Crippen molar-refractivity contribution in [1.29, 1.82) is 5.26 Å². The summed E-state index contributed by atoms with van der Waals surface area (Å²) in [5, 5.41) is 9.54. The second kappa shape index (κ2) is 7.19. The summed E-state index contributed by atoms with van der Waals surface area (Å²) in [5.74, 6) is 0.274. The van der Waals surface area contributed by atoms with E-state index in [0.29, 0.717) is 5.56 Å². The third-order valence-corrected chi connectivity index (χ3v) is 4.38. The van der Waals surface area contributed by atoms with Gasteiger partial charge in [0.15, 0.2) is 0 Å². The Kier molecular flexibility index (Phi) is 4.81. The number of nitrogens with zero attached hydrogens (tertiary/aromatic N) is 2. The number of hydrogen-bond donors (Lipinski definition) is 1. The largest absolute Gasteiger partial charge is 0.383 e. The molecular weight excluding hydrogens is 306 g/mol. The molecule has 0 amide bonds. The van der Waals surface area contributed by atoms with Crippen molar-refractivity contribution in [3.8, 4) is 28.5 Å². The lowest BCUT2D eigenvalue weighted by atomic mass is 9.95. The predicted octanol–water partition coefficient (Wildman–Crippen LogP) is 5.13. The molecule has 25 heavy (non-hydrogen) atoms. The molecule has 2 aromatic carbocycles. The molecule has 0 fully saturated rings. The van der Waals surface area contributed by atoms with Gasteiger partial charge in [-0.2, -0.15) is 5.26 Å². The van der Waals surface area contributed by atoms with E-state index in [4.69, 9.17) is 5.73 Å². The zero-order valence-electron chi connectivity index (χ0n) is 14.6. The molecule has 0 unspecified atom stereocenters. The van der Waals surface area contributed by atoms with E-state index in [1.54, 1.807) is 0 Å². The topological polar surface area (TPSA) is 62.7 Å². The predicted molar refractivity (Wildman–Crippen MR) is 103 cm³/mol. The summed E-state index contributed by atoms with van der Waals surface area (Å²) in [5.41, 5.74) is 12.6. The summed E-state index contributed by atoms with van der Waals surface area (Å²) in [7, 11) is 0. The van der Waals surface area contributed by atoms with Crippen LogP contribution in [0.25, 0.3) is 22.4 Å². The smallest absolute Gasteiger partial charge is 0.142 e. The summed E-state index contributed by atoms with van der Waals surface area (Å²) in [6.07, 6.45) is 2.19. The molecule has 2 N–H and O–H groups in total. The van der Waals surface area contributed by atoms with E-state index in [9.17, 15) is 5.26 Å². The quantitative estimate of drug-likeness (QED) is 0.722. The fraction of sp³-hybridized carbons (Fsp3) is 0.182. The second-order valence-electron chi connectivity index (χ2n) is 6.19. The number of anilines is 1. The Hall–Kier alpha value is -3.12. The molecule has 3 nitrogen and oxygen atoms in total. The van der Waals surface area contributed by atoms with Crippen LogP contribution in [0.1, 0.15) is 30.0 Å². The number of nitrogen functional groups attached to an aromatic ring is 1. The molecule has 1 aromatic heterocycles. The number of nitriles is 1. The van der Waals surface area contributed by atoms with E-state index >= 15 is 0 Å². The van der Waals surface area contributed by atoms with E-state index in [0.717, 1.165) is 40.8 Å². The Morgan fingerprint density at radius 2 is 1.76 bits per heavy atom. The van der Waals surface area contributed by atoms with E-state index in [1.165, 1.54) is 5.56 Å². The highest BCUT2D eigenvalue weighted by molar-refractivity contribution is 5.81. The van der Waals surface area contributed by atoms with Crippen LogP contribution in [0.3, 0.4) is 0 Å². The lowest BCUT2D eigenvalue weighted by Gasteiger charge is -2.12. The van der Waals surface area contributed by atoms with Crippen LogP contribution in [0.4, 0.5) is 5.82 Å². The van der Waals surface area contributed by atoms with Crippen LogP contribution in [0, 0.1) is 18.3 Å². The van der Waals surface area contributed by atoms with Gasteiger partial charge in [-0.3, -0.25) is 0 Å². The summed E-state index contributed by atoms with van der Waals surface area (Å²) < 4.78 is 0. The number of rotatable bonds is 4. The molecule has 3 aromatic rings. The Morgan fingerprint density at radius 3 is 2.40 bits per heavy atom. The molecule has 0 aliphatic heterocycles. The van der Waals surface area contributed by atoms with Crippen molar-refractivity contribution in [2.24, 2.45) is 0 Å². The van der Waals surface area contributed by atoms with Crippen LogP contribution in [-0.2, 0) is 6.42 Å². The van der Waals surface area contributed by atoms with E-state index < -0.39 is 0 Å². The molecule has 124 valence electrons. The molecule has 1 heterocycles. The molecule has 0 atom stereocenters. The van der Waals surface area contributed by atoms with Gasteiger partial charge in [-0.1, -0.05) is 61.9 Å². The Morgan fingerprint density at radius 1 is 1.04 bits per heavy atom. The van der Waals surface area contributed by atoms with Gasteiger partial charge in [0, 0.05) is 11.1 Å². The molecular formula is C22H21N3. The van der Waals surface area contributed by atoms with Crippen molar-refractivity contribution in [3.05, 3.63) is 71.3 Å². The highest BCUT2D eigenvalue weighted by Crippen LogP contribution is 2.32. The molecule has 0 spiro atoms. The summed E-state index contributed by atoms with van der Waals surface area (Å²) in [6.45, 7) is 4.21. The molecule has 0 saturated heterocycles. The number of benzene rings is 2. The number of aromatic nitrogens is 1. The number of nitrogens with two attached hydrogens (primary N) is 1. The summed E-state index contributed by atoms with van der Waals surface area (Å²) >= 11 is 0. The molecule has 3 rings (SSSR count). The highest BCUT2D eigenvalue weighted by Gasteiger charge is 2.14. The molecule has 0 saturated carbocycles. The Labute approximate surface area is 148 Å². The van der Waals surface area contributed by atoms with Crippen LogP contribution >= 0.6 is 0 Å². The third kappa shape index (κ3) is 3.39. The van der Waals surface area contributed by atoms with Gasteiger partial charge < -0.3 is 5.73 Å². The lowest BCUT2D eigenvalue weighted by molar-refractivity contribution is 0.922. The molecule has 3 heteroatoms. The minimum Gasteiger partial charge on any atom is -0.383 e. The van der Waals surface area contributed by atoms with Gasteiger partial charge in [-0.05, 0) is 36.1 Å². The first kappa shape index (κ1) is 16.7. The van der Waals surface area contributed by atoms with E-state index in [1.807, 2.05) is 37.3 Å². The third-order valence-electron chi connectivity index (χ3n) is 4.38. The first-order valence-corrected chi connectivity index (χ1v) is 8.50. The number of hydrogen-bond acceptors (Lipinski definition) is 3. The molecule has 0 aliphatic rings. The monoisotopic (exact) mass is 327 g/mol. The van der Waals surface area contributed by atoms with Gasteiger partial charge in [0.2, 0.25) is 0 Å². The Bertz CT molecular complexity index is 934. The fourth-order valence-electron chi connectivity index (χ4n) is 3.05. The van der Waals surface area contributed by atoms with Crippen LogP contribution in [-0.4, -0.2) is 4.98 Å². The Balaban J connectivity index is 2.14. The highest BCUT2D eigenvalue weighted by atomic mass is 14.8. The van der Waals surface area contributed by atoms with Crippen molar-refractivity contribution < 1.29 is 0 Å². The van der Waals surface area contributed by atoms with Gasteiger partial charge in [-0.15, -0.1) is 0 Å². The summed E-state index contributed by atoms with van der Waals surface area (Å²) in [4.78, 5) is 4.46. The minimum absolute atomic E-state index is 0.274. The van der Waals surface area contributed by atoms with Crippen LogP contribution in [0.5, 0.6) is 0 Å². The summed E-state index contributed by atoms with van der Waals surface area (Å²) in [6, 6.07) is 20.6. The fourth-order valence-corrected chi connectivity index (χ4v) is 3.05. The second-order valence-corrected chi connectivity index (χ2v) is 6.19. The van der Waals surface area contributed by atoms with Gasteiger partial charge >= 0.3 is 0 Å². The van der Waals surface area contributed by atoms with E-state index in [-0.39, 0.29) is 5.82 Å². The maximum atomic E-state index is 9.54.